The number of carbonyl (C=O) groups excluding carboxylic acids is 1. The quantitative estimate of drug-likeness (QED) is 0.722. The van der Waals surface area contributed by atoms with Crippen molar-refractivity contribution in [2.45, 2.75) is 20.4 Å². The average molecular weight is 226 g/mol. The fourth-order valence-electron chi connectivity index (χ4n) is 1.49. The van der Waals surface area contributed by atoms with Crippen LogP contribution >= 0.6 is 11.6 Å². The highest BCUT2D eigenvalue weighted by molar-refractivity contribution is 6.27. The first kappa shape index (κ1) is 12.1. The van der Waals surface area contributed by atoms with Crippen LogP contribution < -0.4 is 0 Å². The van der Waals surface area contributed by atoms with E-state index in [-0.39, 0.29) is 11.8 Å². The van der Waals surface area contributed by atoms with E-state index < -0.39 is 0 Å². The SMILES string of the molecule is CCN(Cc1cccc(C)c1)C(=O)CCl. The van der Waals surface area contributed by atoms with E-state index in [2.05, 4.69) is 6.07 Å². The molecule has 1 amide bonds. The summed E-state index contributed by atoms with van der Waals surface area (Å²) in [6.07, 6.45) is 0. The number of carbonyl (C=O) groups is 1. The third kappa shape index (κ3) is 3.56. The summed E-state index contributed by atoms with van der Waals surface area (Å²) < 4.78 is 0. The number of nitrogens with zero attached hydrogens (tertiary/aromatic N) is 1. The number of hydrogen-bond acceptors (Lipinski definition) is 1. The lowest BCUT2D eigenvalue weighted by atomic mass is 10.1. The van der Waals surface area contributed by atoms with Crippen LogP contribution in [0.4, 0.5) is 0 Å². The second-order valence-corrected chi connectivity index (χ2v) is 3.80. The zero-order valence-electron chi connectivity index (χ0n) is 9.16. The molecule has 0 aliphatic carbocycles. The molecule has 0 atom stereocenters. The Bertz CT molecular complexity index is 338. The molecular formula is C12H16ClNO. The molecule has 0 unspecified atom stereocenters. The van der Waals surface area contributed by atoms with Gasteiger partial charge in [-0.15, -0.1) is 11.6 Å². The number of hydrogen-bond donors (Lipinski definition) is 0. The van der Waals surface area contributed by atoms with Crippen LogP contribution in [0, 0.1) is 6.92 Å². The summed E-state index contributed by atoms with van der Waals surface area (Å²) >= 11 is 5.53. The van der Waals surface area contributed by atoms with Crippen LogP contribution in [0.15, 0.2) is 24.3 Å². The molecule has 2 nitrogen and oxygen atoms in total. The smallest absolute Gasteiger partial charge is 0.237 e. The van der Waals surface area contributed by atoms with Gasteiger partial charge in [0.1, 0.15) is 5.88 Å². The molecule has 3 heteroatoms. The van der Waals surface area contributed by atoms with Gasteiger partial charge in [0, 0.05) is 13.1 Å². The lowest BCUT2D eigenvalue weighted by Gasteiger charge is -2.19. The first-order valence-electron chi connectivity index (χ1n) is 5.06. The van der Waals surface area contributed by atoms with Crippen molar-refractivity contribution in [3.63, 3.8) is 0 Å². The summed E-state index contributed by atoms with van der Waals surface area (Å²) in [7, 11) is 0. The van der Waals surface area contributed by atoms with E-state index in [1.54, 1.807) is 4.90 Å². The minimum absolute atomic E-state index is 0.0133. The Morgan fingerprint density at radius 3 is 2.73 bits per heavy atom. The van der Waals surface area contributed by atoms with Gasteiger partial charge >= 0.3 is 0 Å². The number of benzene rings is 1. The van der Waals surface area contributed by atoms with Crippen LogP contribution in [0.25, 0.3) is 0 Å². The second kappa shape index (κ2) is 5.76. The molecule has 1 rings (SSSR count). The van der Waals surface area contributed by atoms with Crippen molar-refractivity contribution in [2.75, 3.05) is 12.4 Å². The van der Waals surface area contributed by atoms with Gasteiger partial charge in [0.05, 0.1) is 0 Å². The maximum atomic E-state index is 11.4. The van der Waals surface area contributed by atoms with Crippen LogP contribution in [0.5, 0.6) is 0 Å². The standard InChI is InChI=1S/C12H16ClNO/c1-3-14(12(15)8-13)9-11-6-4-5-10(2)7-11/h4-7H,3,8-9H2,1-2H3. The van der Waals surface area contributed by atoms with Crippen molar-refractivity contribution in [3.8, 4) is 0 Å². The molecule has 0 aromatic heterocycles. The summed E-state index contributed by atoms with van der Waals surface area (Å²) in [6, 6.07) is 8.16. The minimum atomic E-state index is -0.0133. The van der Waals surface area contributed by atoms with E-state index in [9.17, 15) is 4.79 Å². The van der Waals surface area contributed by atoms with Gasteiger partial charge in [0.2, 0.25) is 5.91 Å². The average Bonchev–Trinajstić information content (AvgIpc) is 2.25. The second-order valence-electron chi connectivity index (χ2n) is 3.53. The third-order valence-electron chi connectivity index (χ3n) is 2.30. The Labute approximate surface area is 95.8 Å². The Balaban J connectivity index is 2.70. The van der Waals surface area contributed by atoms with E-state index in [1.165, 1.54) is 5.56 Å². The number of amides is 1. The fourth-order valence-corrected chi connectivity index (χ4v) is 1.66. The minimum Gasteiger partial charge on any atom is -0.338 e. The summed E-state index contributed by atoms with van der Waals surface area (Å²) in [4.78, 5) is 13.2. The molecule has 1 aromatic carbocycles. The number of alkyl halides is 1. The van der Waals surface area contributed by atoms with Gasteiger partial charge in [-0.05, 0) is 19.4 Å². The normalized spacial score (nSPS) is 10.1. The van der Waals surface area contributed by atoms with Gasteiger partial charge in [-0.2, -0.15) is 0 Å². The van der Waals surface area contributed by atoms with E-state index in [0.29, 0.717) is 13.1 Å². The maximum absolute atomic E-state index is 11.4. The highest BCUT2D eigenvalue weighted by Gasteiger charge is 2.10. The first-order valence-corrected chi connectivity index (χ1v) is 5.60. The van der Waals surface area contributed by atoms with Crippen molar-refractivity contribution >= 4 is 17.5 Å². The zero-order valence-corrected chi connectivity index (χ0v) is 9.92. The molecule has 0 heterocycles. The molecule has 0 spiro atoms. The van der Waals surface area contributed by atoms with Crippen molar-refractivity contribution in [1.29, 1.82) is 0 Å². The molecule has 15 heavy (non-hydrogen) atoms. The molecule has 1 aromatic rings. The Morgan fingerprint density at radius 1 is 1.47 bits per heavy atom. The highest BCUT2D eigenvalue weighted by atomic mass is 35.5. The number of rotatable bonds is 4. The van der Waals surface area contributed by atoms with Gasteiger partial charge in [0.25, 0.3) is 0 Å². The van der Waals surface area contributed by atoms with Crippen molar-refractivity contribution in [1.82, 2.24) is 4.90 Å². The monoisotopic (exact) mass is 225 g/mol. The largest absolute Gasteiger partial charge is 0.338 e. The van der Waals surface area contributed by atoms with Crippen molar-refractivity contribution in [2.24, 2.45) is 0 Å². The Hall–Kier alpha value is -1.02. The first-order chi connectivity index (χ1) is 7.17. The molecule has 0 radical (unpaired) electrons. The fraction of sp³-hybridized carbons (Fsp3) is 0.417. The molecule has 0 saturated carbocycles. The van der Waals surface area contributed by atoms with Gasteiger partial charge in [-0.1, -0.05) is 29.8 Å². The number of halogens is 1. The Kier molecular flexibility index (Phi) is 4.63. The predicted octanol–water partition coefficient (Wildman–Crippen LogP) is 2.58. The van der Waals surface area contributed by atoms with Gasteiger partial charge < -0.3 is 4.90 Å². The van der Waals surface area contributed by atoms with Crippen molar-refractivity contribution < 1.29 is 4.79 Å². The highest BCUT2D eigenvalue weighted by Crippen LogP contribution is 2.08. The van der Waals surface area contributed by atoms with Gasteiger partial charge in [0.15, 0.2) is 0 Å². The maximum Gasteiger partial charge on any atom is 0.237 e. The molecule has 0 aliphatic rings. The molecule has 0 bridgehead atoms. The van der Waals surface area contributed by atoms with Gasteiger partial charge in [-0.3, -0.25) is 4.79 Å². The summed E-state index contributed by atoms with van der Waals surface area (Å²) in [5, 5.41) is 0. The predicted molar refractivity (Wildman–Crippen MR) is 63.0 cm³/mol. The molecule has 0 N–H and O–H groups in total. The molecular weight excluding hydrogens is 210 g/mol. The molecule has 82 valence electrons. The molecule has 0 saturated heterocycles. The van der Waals surface area contributed by atoms with Crippen LogP contribution in [0.3, 0.4) is 0 Å². The van der Waals surface area contributed by atoms with Gasteiger partial charge in [-0.25, -0.2) is 0 Å². The third-order valence-corrected chi connectivity index (χ3v) is 2.53. The Morgan fingerprint density at radius 2 is 2.20 bits per heavy atom. The van der Waals surface area contributed by atoms with E-state index in [4.69, 9.17) is 11.6 Å². The number of aryl methyl sites for hydroxylation is 1. The van der Waals surface area contributed by atoms with E-state index >= 15 is 0 Å². The summed E-state index contributed by atoms with van der Waals surface area (Å²) in [6.45, 7) is 5.34. The zero-order chi connectivity index (χ0) is 11.3. The lowest BCUT2D eigenvalue weighted by molar-refractivity contribution is -0.128. The van der Waals surface area contributed by atoms with Crippen LogP contribution in [-0.2, 0) is 11.3 Å². The molecule has 0 aliphatic heterocycles. The topological polar surface area (TPSA) is 20.3 Å². The van der Waals surface area contributed by atoms with Crippen LogP contribution in [0.1, 0.15) is 18.1 Å². The van der Waals surface area contributed by atoms with E-state index in [1.807, 2.05) is 32.0 Å². The van der Waals surface area contributed by atoms with Crippen LogP contribution in [0.2, 0.25) is 0 Å². The van der Waals surface area contributed by atoms with E-state index in [0.717, 1.165) is 5.56 Å². The van der Waals surface area contributed by atoms with Crippen molar-refractivity contribution in [3.05, 3.63) is 35.4 Å². The van der Waals surface area contributed by atoms with Crippen LogP contribution in [-0.4, -0.2) is 23.2 Å². The summed E-state index contributed by atoms with van der Waals surface area (Å²) in [5.74, 6) is 0.0419. The lowest BCUT2D eigenvalue weighted by Crippen LogP contribution is -2.31. The molecule has 0 fully saturated rings. The summed E-state index contributed by atoms with van der Waals surface area (Å²) in [5.41, 5.74) is 2.36.